The summed E-state index contributed by atoms with van der Waals surface area (Å²) >= 11 is 0. The maximum atomic E-state index is 12.9. The molecule has 1 fully saturated rings. The number of nitrogens with one attached hydrogen (secondary N) is 1. The fraction of sp³-hybridized carbons (Fsp3) is 0.406. The second-order valence-electron chi connectivity index (χ2n) is 10.7. The zero-order valence-corrected chi connectivity index (χ0v) is 21.7. The van der Waals surface area contributed by atoms with E-state index >= 15 is 0 Å². The van der Waals surface area contributed by atoms with Crippen LogP contribution in [0.15, 0.2) is 60.7 Å². The first-order valence-electron chi connectivity index (χ1n) is 13.8. The summed E-state index contributed by atoms with van der Waals surface area (Å²) in [5, 5.41) is 14.3. The lowest BCUT2D eigenvalue weighted by molar-refractivity contribution is -0.143. The number of carbonyl (C=O) groups excluding carboxylic acids is 2. The average Bonchev–Trinajstić information content (AvgIpc) is 2.94. The van der Waals surface area contributed by atoms with Crippen molar-refractivity contribution in [3.8, 4) is 5.75 Å². The molecular weight excluding hydrogens is 478 g/mol. The number of Topliss-reactive ketones (excluding diaryl/α,β-unsaturated/α-hetero) is 1. The van der Waals surface area contributed by atoms with Crippen molar-refractivity contribution < 1.29 is 24.2 Å². The Kier molecular flexibility index (Phi) is 8.06. The van der Waals surface area contributed by atoms with E-state index in [4.69, 9.17) is 4.74 Å². The van der Waals surface area contributed by atoms with Crippen molar-refractivity contribution in [3.05, 3.63) is 77.4 Å². The number of rotatable bonds is 9. The van der Waals surface area contributed by atoms with Crippen LogP contribution in [0.25, 0.3) is 10.8 Å². The Bertz CT molecular complexity index is 1320. The van der Waals surface area contributed by atoms with Crippen LogP contribution in [0, 0.1) is 11.8 Å². The van der Waals surface area contributed by atoms with Gasteiger partial charge in [-0.25, -0.2) is 0 Å². The van der Waals surface area contributed by atoms with E-state index in [9.17, 15) is 19.5 Å². The summed E-state index contributed by atoms with van der Waals surface area (Å²) in [6, 6.07) is 19.8. The van der Waals surface area contributed by atoms with Crippen molar-refractivity contribution in [1.82, 2.24) is 5.32 Å². The first-order chi connectivity index (χ1) is 18.5. The third kappa shape index (κ3) is 6.24. The summed E-state index contributed by atoms with van der Waals surface area (Å²) < 4.78 is 6.17. The number of amides is 1. The second kappa shape index (κ2) is 11.8. The maximum absolute atomic E-state index is 12.9. The van der Waals surface area contributed by atoms with Gasteiger partial charge < -0.3 is 15.2 Å². The van der Waals surface area contributed by atoms with Gasteiger partial charge in [0.1, 0.15) is 11.5 Å². The number of hydrogen-bond donors (Lipinski definition) is 2. The average molecular weight is 514 g/mol. The van der Waals surface area contributed by atoms with Gasteiger partial charge in [-0.05, 0) is 97.5 Å². The zero-order chi connectivity index (χ0) is 26.5. The molecule has 2 N–H and O–H groups in total. The van der Waals surface area contributed by atoms with Gasteiger partial charge in [0.2, 0.25) is 0 Å². The summed E-state index contributed by atoms with van der Waals surface area (Å²) in [6.45, 7) is 0.482. The maximum Gasteiger partial charge on any atom is 0.306 e. The molecule has 5 rings (SSSR count). The van der Waals surface area contributed by atoms with E-state index in [0.717, 1.165) is 48.6 Å². The Balaban J connectivity index is 1.06. The molecule has 0 aromatic heterocycles. The molecule has 198 valence electrons. The molecule has 3 aromatic rings. The van der Waals surface area contributed by atoms with Crippen molar-refractivity contribution in [2.45, 2.75) is 63.9 Å². The molecule has 0 spiro atoms. The first kappa shape index (κ1) is 26.0. The number of carboxylic acids is 1. The molecule has 0 bridgehead atoms. The van der Waals surface area contributed by atoms with Crippen molar-refractivity contribution in [1.29, 1.82) is 0 Å². The smallest absolute Gasteiger partial charge is 0.306 e. The lowest BCUT2D eigenvalue weighted by atomic mass is 9.80. The normalized spacial score (nSPS) is 20.9. The van der Waals surface area contributed by atoms with Gasteiger partial charge in [-0.15, -0.1) is 0 Å². The standard InChI is InChI=1S/C32H35NO5/c34-30(6-3-17-33-31(35)27-10-7-21-4-1-2-5-23(21)19-27)26-9-8-25-20-29(16-13-24(25)18-26)38-28-14-11-22(12-15-28)32(36)37/h1-2,4-5,7,10,13,16,19-20,22,26,28H,3,6,8-9,11-12,14-15,17-18H2,(H,33,35)(H,36,37). The topological polar surface area (TPSA) is 92.7 Å². The third-order valence-electron chi connectivity index (χ3n) is 8.08. The molecule has 0 aliphatic heterocycles. The zero-order valence-electron chi connectivity index (χ0n) is 21.7. The van der Waals surface area contributed by atoms with Gasteiger partial charge in [-0.3, -0.25) is 14.4 Å². The number of carboxylic acid groups (broad SMARTS) is 1. The Morgan fingerprint density at radius 1 is 0.842 bits per heavy atom. The SMILES string of the molecule is O=C(NCCCC(=O)C1CCc2cc(OC3CCC(C(=O)O)CC3)ccc2C1)c1ccc2ccccc2c1. The number of aliphatic carboxylic acids is 1. The highest BCUT2D eigenvalue weighted by Crippen LogP contribution is 2.32. The molecule has 1 unspecified atom stereocenters. The van der Waals surface area contributed by atoms with Crippen LogP contribution in [0.1, 0.15) is 66.4 Å². The van der Waals surface area contributed by atoms with E-state index in [1.165, 1.54) is 11.1 Å². The molecule has 38 heavy (non-hydrogen) atoms. The van der Waals surface area contributed by atoms with E-state index in [1.54, 1.807) is 0 Å². The molecule has 2 aliphatic carbocycles. The molecule has 0 saturated heterocycles. The second-order valence-corrected chi connectivity index (χ2v) is 10.7. The molecular formula is C32H35NO5. The van der Waals surface area contributed by atoms with E-state index in [-0.39, 0.29) is 29.6 Å². The molecule has 0 heterocycles. The molecule has 2 aliphatic rings. The van der Waals surface area contributed by atoms with Crippen LogP contribution in [-0.4, -0.2) is 35.4 Å². The van der Waals surface area contributed by atoms with Crippen LogP contribution in [0.5, 0.6) is 5.75 Å². The number of benzene rings is 3. The van der Waals surface area contributed by atoms with Crippen LogP contribution in [0.4, 0.5) is 0 Å². The summed E-state index contributed by atoms with van der Waals surface area (Å²) in [5.41, 5.74) is 3.09. The minimum absolute atomic E-state index is 0.0248. The molecule has 1 amide bonds. The summed E-state index contributed by atoms with van der Waals surface area (Å²) in [4.78, 5) is 36.6. The predicted molar refractivity (Wildman–Crippen MR) is 146 cm³/mol. The number of ether oxygens (including phenoxy) is 1. The van der Waals surface area contributed by atoms with E-state index in [1.807, 2.05) is 48.5 Å². The van der Waals surface area contributed by atoms with E-state index < -0.39 is 5.97 Å². The van der Waals surface area contributed by atoms with Gasteiger partial charge >= 0.3 is 5.97 Å². The van der Waals surface area contributed by atoms with Gasteiger partial charge in [0.15, 0.2) is 0 Å². The lowest BCUT2D eigenvalue weighted by Gasteiger charge is -2.28. The number of aryl methyl sites for hydroxylation is 1. The third-order valence-corrected chi connectivity index (χ3v) is 8.08. The van der Waals surface area contributed by atoms with E-state index in [0.29, 0.717) is 37.8 Å². The first-order valence-corrected chi connectivity index (χ1v) is 13.8. The number of carbonyl (C=O) groups is 3. The molecule has 1 atom stereocenters. The van der Waals surface area contributed by atoms with Crippen molar-refractivity contribution in [3.63, 3.8) is 0 Å². The molecule has 1 saturated carbocycles. The Morgan fingerprint density at radius 2 is 1.63 bits per heavy atom. The van der Waals surface area contributed by atoms with Gasteiger partial charge in [0.05, 0.1) is 12.0 Å². The van der Waals surface area contributed by atoms with E-state index in [2.05, 4.69) is 17.4 Å². The highest BCUT2D eigenvalue weighted by atomic mass is 16.5. The largest absolute Gasteiger partial charge is 0.490 e. The van der Waals surface area contributed by atoms with Gasteiger partial charge in [0.25, 0.3) is 5.91 Å². The highest BCUT2D eigenvalue weighted by molar-refractivity contribution is 5.98. The Morgan fingerprint density at radius 3 is 2.42 bits per heavy atom. The summed E-state index contributed by atoms with van der Waals surface area (Å²) in [5.74, 6) is 0.0842. The monoisotopic (exact) mass is 513 g/mol. The van der Waals surface area contributed by atoms with Gasteiger partial charge in [-0.1, -0.05) is 36.4 Å². The van der Waals surface area contributed by atoms with Crippen LogP contribution < -0.4 is 10.1 Å². The minimum atomic E-state index is -0.702. The molecule has 0 radical (unpaired) electrons. The fourth-order valence-corrected chi connectivity index (χ4v) is 5.80. The van der Waals surface area contributed by atoms with Gasteiger partial charge in [0, 0.05) is 24.4 Å². The molecule has 6 nitrogen and oxygen atoms in total. The van der Waals surface area contributed by atoms with Crippen LogP contribution in [-0.2, 0) is 22.4 Å². The Labute approximate surface area is 223 Å². The number of fused-ring (bicyclic) bond motifs is 2. The van der Waals surface area contributed by atoms with Crippen LogP contribution in [0.3, 0.4) is 0 Å². The fourth-order valence-electron chi connectivity index (χ4n) is 5.80. The van der Waals surface area contributed by atoms with Crippen LogP contribution in [0.2, 0.25) is 0 Å². The summed E-state index contributed by atoms with van der Waals surface area (Å²) in [6.07, 6.45) is 6.50. The quantitative estimate of drug-likeness (QED) is 0.356. The number of ketones is 1. The van der Waals surface area contributed by atoms with Crippen molar-refractivity contribution in [2.24, 2.45) is 11.8 Å². The van der Waals surface area contributed by atoms with Crippen LogP contribution >= 0.6 is 0 Å². The minimum Gasteiger partial charge on any atom is -0.490 e. The lowest BCUT2D eigenvalue weighted by Crippen LogP contribution is -2.28. The predicted octanol–water partition coefficient (Wildman–Crippen LogP) is 5.75. The van der Waals surface area contributed by atoms with Gasteiger partial charge in [-0.2, -0.15) is 0 Å². The summed E-state index contributed by atoms with van der Waals surface area (Å²) in [7, 11) is 0. The molecule has 3 aromatic carbocycles. The molecule has 6 heteroatoms. The number of hydrogen-bond acceptors (Lipinski definition) is 4. The Hall–Kier alpha value is -3.67. The van der Waals surface area contributed by atoms with Crippen molar-refractivity contribution in [2.75, 3.05) is 6.54 Å². The van der Waals surface area contributed by atoms with Crippen molar-refractivity contribution >= 4 is 28.4 Å². The highest BCUT2D eigenvalue weighted by Gasteiger charge is 2.28.